The van der Waals surface area contributed by atoms with Gasteiger partial charge < -0.3 is 14.8 Å². The molecule has 0 radical (unpaired) electrons. The smallest absolute Gasteiger partial charge is 0.235 e. The Hall–Kier alpha value is -2.04. The van der Waals surface area contributed by atoms with Crippen molar-refractivity contribution in [2.24, 2.45) is 0 Å². The maximum Gasteiger partial charge on any atom is 0.235 e. The number of amides is 1. The fourth-order valence-electron chi connectivity index (χ4n) is 3.28. The number of hydrogen-bond donors (Lipinski definition) is 1. The van der Waals surface area contributed by atoms with Crippen LogP contribution in [0.3, 0.4) is 0 Å². The van der Waals surface area contributed by atoms with Gasteiger partial charge in [-0.25, -0.2) is 0 Å². The van der Waals surface area contributed by atoms with Crippen LogP contribution in [0, 0.1) is 6.92 Å². The predicted octanol–water partition coefficient (Wildman–Crippen LogP) is 4.34. The maximum absolute atomic E-state index is 13.3. The SMILES string of the molecule is COc1ccc(NC(=O)C2(c3ccc(Cl)cc3)CCOCC2)c(C)c1. The van der Waals surface area contributed by atoms with Crippen molar-refractivity contribution in [1.29, 1.82) is 0 Å². The van der Waals surface area contributed by atoms with Crippen LogP contribution in [0.5, 0.6) is 5.75 Å². The maximum atomic E-state index is 13.3. The van der Waals surface area contributed by atoms with Gasteiger partial charge in [-0.15, -0.1) is 0 Å². The molecule has 1 aliphatic rings. The fourth-order valence-corrected chi connectivity index (χ4v) is 3.41. The molecule has 1 saturated heterocycles. The van der Waals surface area contributed by atoms with Gasteiger partial charge in [0.2, 0.25) is 5.91 Å². The molecule has 0 aliphatic carbocycles. The summed E-state index contributed by atoms with van der Waals surface area (Å²) >= 11 is 6.02. The predicted molar refractivity (Wildman–Crippen MR) is 99.5 cm³/mol. The van der Waals surface area contributed by atoms with Gasteiger partial charge in [0.05, 0.1) is 12.5 Å². The minimum absolute atomic E-state index is 0.00797. The van der Waals surface area contributed by atoms with Gasteiger partial charge in [0.15, 0.2) is 0 Å². The third-order valence-electron chi connectivity index (χ3n) is 4.86. The first-order valence-electron chi connectivity index (χ1n) is 8.35. The monoisotopic (exact) mass is 359 g/mol. The average Bonchev–Trinajstić information content (AvgIpc) is 2.64. The molecule has 1 amide bonds. The zero-order chi connectivity index (χ0) is 17.9. The molecule has 5 heteroatoms. The van der Waals surface area contributed by atoms with Crippen LogP contribution in [0.1, 0.15) is 24.0 Å². The number of rotatable bonds is 4. The lowest BCUT2D eigenvalue weighted by atomic mass is 9.73. The minimum atomic E-state index is -0.602. The highest BCUT2D eigenvalue weighted by molar-refractivity contribution is 6.30. The first-order valence-corrected chi connectivity index (χ1v) is 8.73. The summed E-state index contributed by atoms with van der Waals surface area (Å²) in [6.07, 6.45) is 1.30. The van der Waals surface area contributed by atoms with Crippen LogP contribution in [0.15, 0.2) is 42.5 Å². The Labute approximate surface area is 153 Å². The summed E-state index contributed by atoms with van der Waals surface area (Å²) in [7, 11) is 1.63. The van der Waals surface area contributed by atoms with Gasteiger partial charge in [-0.1, -0.05) is 23.7 Å². The van der Waals surface area contributed by atoms with Crippen LogP contribution in [-0.4, -0.2) is 26.2 Å². The lowest BCUT2D eigenvalue weighted by molar-refractivity contribution is -0.125. The lowest BCUT2D eigenvalue weighted by Gasteiger charge is -2.36. The highest BCUT2D eigenvalue weighted by atomic mass is 35.5. The summed E-state index contributed by atoms with van der Waals surface area (Å²) < 4.78 is 10.7. The molecule has 0 aromatic heterocycles. The van der Waals surface area contributed by atoms with Crippen molar-refractivity contribution in [3.63, 3.8) is 0 Å². The van der Waals surface area contributed by atoms with E-state index in [1.165, 1.54) is 0 Å². The van der Waals surface area contributed by atoms with E-state index in [0.717, 1.165) is 22.6 Å². The van der Waals surface area contributed by atoms with Crippen LogP contribution < -0.4 is 10.1 Å². The van der Waals surface area contributed by atoms with E-state index in [4.69, 9.17) is 21.1 Å². The Morgan fingerprint density at radius 1 is 1.16 bits per heavy atom. The molecular weight excluding hydrogens is 338 g/mol. The van der Waals surface area contributed by atoms with E-state index in [9.17, 15) is 4.79 Å². The van der Waals surface area contributed by atoms with Crippen molar-refractivity contribution in [3.05, 3.63) is 58.6 Å². The largest absolute Gasteiger partial charge is 0.497 e. The molecule has 2 aromatic rings. The van der Waals surface area contributed by atoms with E-state index in [-0.39, 0.29) is 5.91 Å². The average molecular weight is 360 g/mol. The third-order valence-corrected chi connectivity index (χ3v) is 5.11. The molecule has 132 valence electrons. The fraction of sp³-hybridized carbons (Fsp3) is 0.350. The van der Waals surface area contributed by atoms with Crippen molar-refractivity contribution in [3.8, 4) is 5.75 Å². The second-order valence-electron chi connectivity index (χ2n) is 6.34. The van der Waals surface area contributed by atoms with Crippen molar-refractivity contribution >= 4 is 23.2 Å². The third kappa shape index (κ3) is 3.65. The molecule has 25 heavy (non-hydrogen) atoms. The van der Waals surface area contributed by atoms with E-state index in [0.29, 0.717) is 31.1 Å². The van der Waals surface area contributed by atoms with Gasteiger partial charge >= 0.3 is 0 Å². The van der Waals surface area contributed by atoms with Gasteiger partial charge in [-0.3, -0.25) is 4.79 Å². The van der Waals surface area contributed by atoms with Gasteiger partial charge in [0, 0.05) is 23.9 Å². The molecule has 1 N–H and O–H groups in total. The number of nitrogens with one attached hydrogen (secondary N) is 1. The molecule has 4 nitrogen and oxygen atoms in total. The highest BCUT2D eigenvalue weighted by Gasteiger charge is 2.41. The number of hydrogen-bond acceptors (Lipinski definition) is 3. The summed E-state index contributed by atoms with van der Waals surface area (Å²) in [6, 6.07) is 13.2. The van der Waals surface area contributed by atoms with Crippen LogP contribution in [-0.2, 0) is 14.9 Å². The zero-order valence-corrected chi connectivity index (χ0v) is 15.2. The van der Waals surface area contributed by atoms with Crippen molar-refractivity contribution in [1.82, 2.24) is 0 Å². The molecule has 0 spiro atoms. The second-order valence-corrected chi connectivity index (χ2v) is 6.77. The number of carbonyl (C=O) groups is 1. The highest BCUT2D eigenvalue weighted by Crippen LogP contribution is 2.37. The molecule has 2 aromatic carbocycles. The lowest BCUT2D eigenvalue weighted by Crippen LogP contribution is -2.44. The molecular formula is C20H22ClNO3. The zero-order valence-electron chi connectivity index (χ0n) is 14.5. The number of ether oxygens (including phenoxy) is 2. The molecule has 3 rings (SSSR count). The summed E-state index contributed by atoms with van der Waals surface area (Å²) in [6.45, 7) is 3.09. The van der Waals surface area contributed by atoms with Crippen LogP contribution in [0.25, 0.3) is 0 Å². The standard InChI is InChI=1S/C20H22ClNO3/c1-14-13-17(24-2)7-8-18(14)22-19(23)20(9-11-25-12-10-20)15-3-5-16(21)6-4-15/h3-8,13H,9-12H2,1-2H3,(H,22,23). The molecule has 0 unspecified atom stereocenters. The van der Waals surface area contributed by atoms with E-state index in [1.807, 2.05) is 49.4 Å². The van der Waals surface area contributed by atoms with Crippen LogP contribution >= 0.6 is 11.6 Å². The summed E-state index contributed by atoms with van der Waals surface area (Å²) in [5.41, 5.74) is 2.13. The van der Waals surface area contributed by atoms with Crippen molar-refractivity contribution in [2.45, 2.75) is 25.2 Å². The first-order chi connectivity index (χ1) is 12.0. The molecule has 0 saturated carbocycles. The summed E-state index contributed by atoms with van der Waals surface area (Å²) in [4.78, 5) is 13.3. The Kier molecular flexibility index (Phi) is 5.30. The molecule has 1 aliphatic heterocycles. The Balaban J connectivity index is 1.91. The van der Waals surface area contributed by atoms with E-state index in [2.05, 4.69) is 5.32 Å². The second kappa shape index (κ2) is 7.46. The van der Waals surface area contributed by atoms with Gasteiger partial charge in [-0.2, -0.15) is 0 Å². The molecule has 0 atom stereocenters. The van der Waals surface area contributed by atoms with E-state index < -0.39 is 5.41 Å². The Morgan fingerprint density at radius 3 is 2.44 bits per heavy atom. The van der Waals surface area contributed by atoms with Crippen LogP contribution in [0.2, 0.25) is 5.02 Å². The van der Waals surface area contributed by atoms with Crippen molar-refractivity contribution in [2.75, 3.05) is 25.6 Å². The van der Waals surface area contributed by atoms with Crippen molar-refractivity contribution < 1.29 is 14.3 Å². The Morgan fingerprint density at radius 2 is 1.84 bits per heavy atom. The Bertz CT molecular complexity index is 752. The van der Waals surface area contributed by atoms with E-state index in [1.54, 1.807) is 7.11 Å². The van der Waals surface area contributed by atoms with Gasteiger partial charge in [0.25, 0.3) is 0 Å². The topological polar surface area (TPSA) is 47.6 Å². The summed E-state index contributed by atoms with van der Waals surface area (Å²) in [5, 5.41) is 3.77. The first kappa shape index (κ1) is 17.8. The number of halogens is 1. The number of anilines is 1. The molecule has 1 fully saturated rings. The molecule has 0 bridgehead atoms. The van der Waals surface area contributed by atoms with Gasteiger partial charge in [0.1, 0.15) is 5.75 Å². The number of benzene rings is 2. The number of carbonyl (C=O) groups excluding carboxylic acids is 1. The normalized spacial score (nSPS) is 16.3. The van der Waals surface area contributed by atoms with Gasteiger partial charge in [-0.05, 0) is 61.2 Å². The minimum Gasteiger partial charge on any atom is -0.497 e. The number of methoxy groups -OCH3 is 1. The summed E-state index contributed by atoms with van der Waals surface area (Å²) in [5.74, 6) is 0.764. The molecule has 1 heterocycles. The number of aryl methyl sites for hydroxylation is 1. The van der Waals surface area contributed by atoms with E-state index >= 15 is 0 Å². The van der Waals surface area contributed by atoms with Crippen LogP contribution in [0.4, 0.5) is 5.69 Å². The quantitative estimate of drug-likeness (QED) is 0.883.